The van der Waals surface area contributed by atoms with Crippen molar-refractivity contribution in [1.82, 2.24) is 5.32 Å². The molecule has 120 valence electrons. The molecule has 1 N–H and O–H groups in total. The molecule has 21 heavy (non-hydrogen) atoms. The molecule has 0 aliphatic rings. The van der Waals surface area contributed by atoms with Gasteiger partial charge in [0, 0.05) is 11.6 Å². The van der Waals surface area contributed by atoms with E-state index in [0.29, 0.717) is 17.4 Å². The zero-order chi connectivity index (χ0) is 16.2. The van der Waals surface area contributed by atoms with Gasteiger partial charge in [0.2, 0.25) is 0 Å². The zero-order valence-corrected chi connectivity index (χ0v) is 15.1. The minimum atomic E-state index is 0.345. The molecule has 0 heterocycles. The van der Waals surface area contributed by atoms with Crippen LogP contribution in [-0.4, -0.2) is 14.2 Å². The average molecular weight is 291 g/mol. The first-order chi connectivity index (χ1) is 9.67. The van der Waals surface area contributed by atoms with Crippen LogP contribution >= 0.6 is 0 Å². The molecular weight excluding hydrogens is 258 g/mol. The lowest BCUT2D eigenvalue weighted by Crippen LogP contribution is -2.22. The van der Waals surface area contributed by atoms with E-state index in [2.05, 4.69) is 59.0 Å². The molecule has 0 aliphatic carbocycles. The maximum absolute atomic E-state index is 5.63. The predicted molar refractivity (Wildman–Crippen MR) is 92.1 cm³/mol. The Bertz CT molecular complexity index is 459. The summed E-state index contributed by atoms with van der Waals surface area (Å²) < 4.78 is 5.63. The third-order valence-electron chi connectivity index (χ3n) is 4.01. The monoisotopic (exact) mass is 291 g/mol. The third-order valence-corrected chi connectivity index (χ3v) is 4.01. The molecule has 1 aromatic rings. The van der Waals surface area contributed by atoms with E-state index in [0.717, 1.165) is 12.2 Å². The van der Waals surface area contributed by atoms with Gasteiger partial charge in [-0.2, -0.15) is 0 Å². The maximum atomic E-state index is 5.63. The van der Waals surface area contributed by atoms with Crippen LogP contribution in [0.4, 0.5) is 0 Å². The number of aryl methyl sites for hydroxylation is 2. The predicted octanol–water partition coefficient (Wildman–Crippen LogP) is 5.03. The van der Waals surface area contributed by atoms with E-state index >= 15 is 0 Å². The van der Waals surface area contributed by atoms with Crippen LogP contribution in [0.15, 0.2) is 12.1 Å². The standard InChI is InChI=1S/C19H33NO/c1-13-9-15(3)18(17(11-13)21-8)16(20-7)10-14(2)12-19(4,5)6/h9,11,14,16,20H,10,12H2,1-8H3. The van der Waals surface area contributed by atoms with Crippen molar-refractivity contribution in [1.29, 1.82) is 0 Å². The number of hydrogen-bond donors (Lipinski definition) is 1. The first-order valence-corrected chi connectivity index (χ1v) is 8.00. The molecule has 2 heteroatoms. The normalized spacial score (nSPS) is 14.9. The maximum Gasteiger partial charge on any atom is 0.124 e. The Morgan fingerprint density at radius 1 is 1.19 bits per heavy atom. The van der Waals surface area contributed by atoms with Gasteiger partial charge in [0.05, 0.1) is 7.11 Å². The highest BCUT2D eigenvalue weighted by Crippen LogP contribution is 2.36. The summed E-state index contributed by atoms with van der Waals surface area (Å²) in [5.41, 5.74) is 4.26. The van der Waals surface area contributed by atoms with Crippen LogP contribution in [0, 0.1) is 25.2 Å². The molecule has 0 saturated carbocycles. The van der Waals surface area contributed by atoms with Gasteiger partial charge in [-0.05, 0) is 62.3 Å². The fourth-order valence-electron chi connectivity index (χ4n) is 3.47. The van der Waals surface area contributed by atoms with Crippen molar-refractivity contribution in [2.75, 3.05) is 14.2 Å². The topological polar surface area (TPSA) is 21.3 Å². The molecule has 2 atom stereocenters. The van der Waals surface area contributed by atoms with Gasteiger partial charge in [-0.3, -0.25) is 0 Å². The largest absolute Gasteiger partial charge is 0.496 e. The lowest BCUT2D eigenvalue weighted by Gasteiger charge is -2.28. The van der Waals surface area contributed by atoms with E-state index in [1.807, 2.05) is 7.05 Å². The van der Waals surface area contributed by atoms with Gasteiger partial charge in [0.25, 0.3) is 0 Å². The molecule has 0 fully saturated rings. The summed E-state index contributed by atoms with van der Waals surface area (Å²) in [5.74, 6) is 1.68. The highest BCUT2D eigenvalue weighted by atomic mass is 16.5. The van der Waals surface area contributed by atoms with Crippen molar-refractivity contribution in [3.63, 3.8) is 0 Å². The van der Waals surface area contributed by atoms with E-state index in [1.165, 1.54) is 23.1 Å². The van der Waals surface area contributed by atoms with Crippen molar-refractivity contribution < 1.29 is 4.74 Å². The van der Waals surface area contributed by atoms with E-state index in [1.54, 1.807) is 7.11 Å². The average Bonchev–Trinajstić information content (AvgIpc) is 2.33. The number of rotatable bonds is 6. The molecule has 0 aromatic heterocycles. The van der Waals surface area contributed by atoms with E-state index < -0.39 is 0 Å². The number of hydrogen-bond acceptors (Lipinski definition) is 2. The summed E-state index contributed by atoms with van der Waals surface area (Å²) in [6.07, 6.45) is 2.37. The first-order valence-electron chi connectivity index (χ1n) is 8.00. The Balaban J connectivity index is 3.00. The minimum absolute atomic E-state index is 0.345. The van der Waals surface area contributed by atoms with E-state index in [4.69, 9.17) is 4.74 Å². The second-order valence-corrected chi connectivity index (χ2v) is 7.64. The van der Waals surface area contributed by atoms with Crippen LogP contribution in [0.25, 0.3) is 0 Å². The van der Waals surface area contributed by atoms with Crippen LogP contribution in [0.1, 0.15) is 63.3 Å². The van der Waals surface area contributed by atoms with Crippen LogP contribution in [0.3, 0.4) is 0 Å². The van der Waals surface area contributed by atoms with Gasteiger partial charge in [0.1, 0.15) is 5.75 Å². The SMILES string of the molecule is CNC(CC(C)CC(C)(C)C)c1c(C)cc(C)cc1OC. The van der Waals surface area contributed by atoms with Crippen LogP contribution in [0.2, 0.25) is 0 Å². The Morgan fingerprint density at radius 2 is 1.81 bits per heavy atom. The molecule has 0 spiro atoms. The smallest absolute Gasteiger partial charge is 0.124 e. The Hall–Kier alpha value is -1.02. The Labute approximate surface area is 131 Å². The second-order valence-electron chi connectivity index (χ2n) is 7.64. The summed E-state index contributed by atoms with van der Waals surface area (Å²) in [5, 5.41) is 3.49. The number of benzene rings is 1. The molecule has 0 aliphatic heterocycles. The number of methoxy groups -OCH3 is 1. The fourth-order valence-corrected chi connectivity index (χ4v) is 3.47. The fraction of sp³-hybridized carbons (Fsp3) is 0.684. The molecule has 2 nitrogen and oxygen atoms in total. The molecule has 0 bridgehead atoms. The van der Waals surface area contributed by atoms with Crippen LogP contribution in [-0.2, 0) is 0 Å². The minimum Gasteiger partial charge on any atom is -0.496 e. The number of ether oxygens (including phenoxy) is 1. The van der Waals surface area contributed by atoms with Crippen molar-refractivity contribution in [2.45, 2.75) is 60.4 Å². The van der Waals surface area contributed by atoms with Crippen molar-refractivity contribution >= 4 is 0 Å². The molecule has 0 radical (unpaired) electrons. The number of nitrogens with one attached hydrogen (secondary N) is 1. The van der Waals surface area contributed by atoms with Gasteiger partial charge in [0.15, 0.2) is 0 Å². The quantitative estimate of drug-likeness (QED) is 0.793. The van der Waals surface area contributed by atoms with Gasteiger partial charge in [-0.15, -0.1) is 0 Å². The molecule has 0 saturated heterocycles. The Morgan fingerprint density at radius 3 is 2.29 bits per heavy atom. The van der Waals surface area contributed by atoms with Crippen molar-refractivity contribution in [2.24, 2.45) is 11.3 Å². The van der Waals surface area contributed by atoms with E-state index in [-0.39, 0.29) is 0 Å². The van der Waals surface area contributed by atoms with Gasteiger partial charge < -0.3 is 10.1 Å². The molecular formula is C19H33NO. The molecule has 2 unspecified atom stereocenters. The van der Waals surface area contributed by atoms with Gasteiger partial charge in [-0.25, -0.2) is 0 Å². The van der Waals surface area contributed by atoms with Gasteiger partial charge >= 0.3 is 0 Å². The van der Waals surface area contributed by atoms with E-state index in [9.17, 15) is 0 Å². The van der Waals surface area contributed by atoms with Gasteiger partial charge in [-0.1, -0.05) is 33.8 Å². The highest BCUT2D eigenvalue weighted by molar-refractivity contribution is 5.45. The summed E-state index contributed by atoms with van der Waals surface area (Å²) in [6.45, 7) is 13.6. The van der Waals surface area contributed by atoms with Crippen molar-refractivity contribution in [3.8, 4) is 5.75 Å². The summed E-state index contributed by atoms with van der Waals surface area (Å²) in [6, 6.07) is 4.73. The summed E-state index contributed by atoms with van der Waals surface area (Å²) in [4.78, 5) is 0. The lowest BCUT2D eigenvalue weighted by molar-refractivity contribution is 0.276. The molecule has 1 aromatic carbocycles. The lowest BCUT2D eigenvalue weighted by atomic mass is 9.81. The molecule has 0 amide bonds. The molecule has 1 rings (SSSR count). The second kappa shape index (κ2) is 7.31. The third kappa shape index (κ3) is 5.35. The van der Waals surface area contributed by atoms with Crippen molar-refractivity contribution in [3.05, 3.63) is 28.8 Å². The Kier molecular flexibility index (Phi) is 6.27. The zero-order valence-electron chi connectivity index (χ0n) is 15.1. The van der Waals surface area contributed by atoms with Crippen LogP contribution in [0.5, 0.6) is 5.75 Å². The summed E-state index contributed by atoms with van der Waals surface area (Å²) in [7, 11) is 3.82. The van der Waals surface area contributed by atoms with Crippen LogP contribution < -0.4 is 10.1 Å². The summed E-state index contributed by atoms with van der Waals surface area (Å²) >= 11 is 0. The first kappa shape index (κ1) is 18.0. The highest BCUT2D eigenvalue weighted by Gasteiger charge is 2.22.